The summed E-state index contributed by atoms with van der Waals surface area (Å²) in [6.07, 6.45) is 0. The first kappa shape index (κ1) is 13.9. The topological polar surface area (TPSA) is 38.0 Å². The number of halogens is 3. The largest absolute Gasteiger partial charge is 0.389 e. The van der Waals surface area contributed by atoms with Gasteiger partial charge in [0.05, 0.1) is 5.69 Å². The molecule has 2 nitrogen and oxygen atoms in total. The van der Waals surface area contributed by atoms with Crippen molar-refractivity contribution in [1.82, 2.24) is 0 Å². The second-order valence-corrected chi connectivity index (χ2v) is 5.16. The van der Waals surface area contributed by atoms with Crippen LogP contribution in [-0.4, -0.2) is 4.99 Å². The maximum Gasteiger partial charge on any atom is 0.146 e. The Morgan fingerprint density at radius 1 is 1.11 bits per heavy atom. The van der Waals surface area contributed by atoms with Gasteiger partial charge in [-0.3, -0.25) is 0 Å². The summed E-state index contributed by atoms with van der Waals surface area (Å²) in [5.41, 5.74) is 6.19. The van der Waals surface area contributed by atoms with E-state index in [-0.39, 0.29) is 16.2 Å². The number of hydrogen-bond donors (Lipinski definition) is 2. The number of nitrogens with one attached hydrogen (secondary N) is 1. The van der Waals surface area contributed by atoms with E-state index in [1.807, 2.05) is 0 Å². The molecule has 0 fully saturated rings. The molecule has 0 atom stereocenters. The van der Waals surface area contributed by atoms with E-state index in [2.05, 4.69) is 21.2 Å². The van der Waals surface area contributed by atoms with Gasteiger partial charge in [-0.15, -0.1) is 0 Å². The van der Waals surface area contributed by atoms with Gasteiger partial charge in [-0.1, -0.05) is 28.1 Å². The van der Waals surface area contributed by atoms with Crippen LogP contribution in [0.1, 0.15) is 5.56 Å². The molecule has 0 saturated carbocycles. The minimum Gasteiger partial charge on any atom is -0.389 e. The van der Waals surface area contributed by atoms with E-state index in [0.29, 0.717) is 5.69 Å². The summed E-state index contributed by atoms with van der Waals surface area (Å²) in [5, 5.41) is 2.79. The Morgan fingerprint density at radius 2 is 1.84 bits per heavy atom. The summed E-state index contributed by atoms with van der Waals surface area (Å²) in [6, 6.07) is 8.71. The molecule has 3 N–H and O–H groups in total. The highest BCUT2D eigenvalue weighted by Crippen LogP contribution is 2.25. The fourth-order valence-corrected chi connectivity index (χ4v) is 2.07. The van der Waals surface area contributed by atoms with E-state index < -0.39 is 11.6 Å². The molecule has 0 saturated heterocycles. The van der Waals surface area contributed by atoms with Gasteiger partial charge < -0.3 is 11.1 Å². The van der Waals surface area contributed by atoms with E-state index >= 15 is 0 Å². The summed E-state index contributed by atoms with van der Waals surface area (Å²) >= 11 is 7.95. The molecule has 2 rings (SSSR count). The summed E-state index contributed by atoms with van der Waals surface area (Å²) in [4.78, 5) is -0.0160. The molecular formula is C13H9BrF2N2S. The fraction of sp³-hybridized carbons (Fsp3) is 0. The molecule has 0 aliphatic carbocycles. The molecular weight excluding hydrogens is 334 g/mol. The van der Waals surface area contributed by atoms with Crippen LogP contribution in [0.3, 0.4) is 0 Å². The predicted octanol–water partition coefficient (Wildman–Crippen LogP) is 4.11. The molecule has 2 aromatic rings. The molecule has 0 amide bonds. The zero-order valence-electron chi connectivity index (χ0n) is 9.58. The summed E-state index contributed by atoms with van der Waals surface area (Å²) in [5.74, 6) is -0.977. The molecule has 19 heavy (non-hydrogen) atoms. The summed E-state index contributed by atoms with van der Waals surface area (Å²) in [6.45, 7) is 0. The molecule has 0 radical (unpaired) electrons. The lowest BCUT2D eigenvalue weighted by atomic mass is 10.2. The van der Waals surface area contributed by atoms with Crippen molar-refractivity contribution >= 4 is 44.5 Å². The number of benzene rings is 2. The molecule has 0 unspecified atom stereocenters. The van der Waals surface area contributed by atoms with Crippen molar-refractivity contribution in [3.05, 3.63) is 58.1 Å². The van der Waals surface area contributed by atoms with Crippen molar-refractivity contribution in [2.45, 2.75) is 0 Å². The monoisotopic (exact) mass is 342 g/mol. The normalized spacial score (nSPS) is 10.3. The SMILES string of the molecule is NC(=S)c1ccc(Nc2cc(Br)ccc2F)cc1F. The van der Waals surface area contributed by atoms with Gasteiger partial charge in [-0.05, 0) is 36.4 Å². The van der Waals surface area contributed by atoms with Crippen LogP contribution in [0.2, 0.25) is 0 Å². The first-order valence-electron chi connectivity index (χ1n) is 5.29. The average molecular weight is 343 g/mol. The Bertz CT molecular complexity index is 647. The Kier molecular flexibility index (Phi) is 4.11. The molecule has 0 aliphatic rings. The molecule has 0 spiro atoms. The lowest BCUT2D eigenvalue weighted by Crippen LogP contribution is -2.11. The van der Waals surface area contributed by atoms with Gasteiger partial charge in [0.1, 0.15) is 16.6 Å². The molecule has 2 aromatic carbocycles. The standard InChI is InChI=1S/C13H9BrF2N2S/c14-7-1-4-10(15)12(5-7)18-8-2-3-9(13(17)19)11(16)6-8/h1-6,18H,(H2,17,19). The van der Waals surface area contributed by atoms with Crippen molar-refractivity contribution in [2.24, 2.45) is 5.73 Å². The van der Waals surface area contributed by atoms with Crippen LogP contribution in [0, 0.1) is 11.6 Å². The Morgan fingerprint density at radius 3 is 2.47 bits per heavy atom. The average Bonchev–Trinajstić information content (AvgIpc) is 2.33. The molecule has 0 bridgehead atoms. The van der Waals surface area contributed by atoms with Crippen LogP contribution in [0.4, 0.5) is 20.2 Å². The Balaban J connectivity index is 2.31. The third-order valence-corrected chi connectivity index (χ3v) is 3.16. The number of anilines is 2. The van der Waals surface area contributed by atoms with Crippen LogP contribution >= 0.6 is 28.1 Å². The van der Waals surface area contributed by atoms with E-state index in [1.54, 1.807) is 18.2 Å². The highest BCUT2D eigenvalue weighted by molar-refractivity contribution is 9.10. The van der Waals surface area contributed by atoms with Crippen LogP contribution in [0.25, 0.3) is 0 Å². The smallest absolute Gasteiger partial charge is 0.146 e. The van der Waals surface area contributed by atoms with Crippen molar-refractivity contribution in [1.29, 1.82) is 0 Å². The van der Waals surface area contributed by atoms with Crippen LogP contribution in [0.15, 0.2) is 40.9 Å². The second kappa shape index (κ2) is 5.63. The van der Waals surface area contributed by atoms with Gasteiger partial charge in [0, 0.05) is 15.7 Å². The van der Waals surface area contributed by atoms with Gasteiger partial charge in [-0.2, -0.15) is 0 Å². The first-order chi connectivity index (χ1) is 8.97. The minimum atomic E-state index is -0.548. The number of rotatable bonds is 3. The second-order valence-electron chi connectivity index (χ2n) is 3.81. The van der Waals surface area contributed by atoms with Crippen LogP contribution < -0.4 is 11.1 Å². The van der Waals surface area contributed by atoms with Gasteiger partial charge in [-0.25, -0.2) is 8.78 Å². The van der Waals surface area contributed by atoms with Crippen molar-refractivity contribution in [2.75, 3.05) is 5.32 Å². The van der Waals surface area contributed by atoms with Gasteiger partial charge in [0.2, 0.25) is 0 Å². The van der Waals surface area contributed by atoms with Crippen LogP contribution in [0.5, 0.6) is 0 Å². The number of hydrogen-bond acceptors (Lipinski definition) is 2. The maximum absolute atomic E-state index is 13.7. The highest BCUT2D eigenvalue weighted by Gasteiger charge is 2.08. The van der Waals surface area contributed by atoms with Crippen molar-refractivity contribution in [3.8, 4) is 0 Å². The Labute approximate surface area is 122 Å². The number of thiocarbonyl (C=S) groups is 1. The molecule has 6 heteroatoms. The van der Waals surface area contributed by atoms with Gasteiger partial charge in [0.25, 0.3) is 0 Å². The van der Waals surface area contributed by atoms with Gasteiger partial charge >= 0.3 is 0 Å². The maximum atomic E-state index is 13.7. The third-order valence-electron chi connectivity index (χ3n) is 2.44. The summed E-state index contributed by atoms with van der Waals surface area (Å²) in [7, 11) is 0. The Hall–Kier alpha value is -1.53. The minimum absolute atomic E-state index is 0.0160. The quantitative estimate of drug-likeness (QED) is 0.824. The predicted molar refractivity (Wildman–Crippen MR) is 79.7 cm³/mol. The first-order valence-corrected chi connectivity index (χ1v) is 6.49. The molecule has 0 aromatic heterocycles. The van der Waals surface area contributed by atoms with E-state index in [9.17, 15) is 8.78 Å². The molecule has 0 aliphatic heterocycles. The zero-order chi connectivity index (χ0) is 14.0. The third kappa shape index (κ3) is 3.27. The number of nitrogens with two attached hydrogens (primary N) is 1. The lowest BCUT2D eigenvalue weighted by molar-refractivity contribution is 0.625. The summed E-state index contributed by atoms with van der Waals surface area (Å²) < 4.78 is 27.9. The fourth-order valence-electron chi connectivity index (χ4n) is 1.54. The van der Waals surface area contributed by atoms with E-state index in [4.69, 9.17) is 18.0 Å². The lowest BCUT2D eigenvalue weighted by Gasteiger charge is -2.09. The van der Waals surface area contributed by atoms with Gasteiger partial charge in [0.15, 0.2) is 0 Å². The van der Waals surface area contributed by atoms with E-state index in [0.717, 1.165) is 4.47 Å². The van der Waals surface area contributed by atoms with Crippen LogP contribution in [-0.2, 0) is 0 Å². The highest BCUT2D eigenvalue weighted by atomic mass is 79.9. The zero-order valence-corrected chi connectivity index (χ0v) is 12.0. The molecule has 0 heterocycles. The van der Waals surface area contributed by atoms with Crippen molar-refractivity contribution in [3.63, 3.8) is 0 Å². The van der Waals surface area contributed by atoms with Crippen molar-refractivity contribution < 1.29 is 8.78 Å². The van der Waals surface area contributed by atoms with E-state index in [1.165, 1.54) is 18.2 Å². The molecule has 98 valence electrons.